The van der Waals surface area contributed by atoms with Crippen LogP contribution in [0.1, 0.15) is 50.3 Å². The molecule has 1 heterocycles. The topological polar surface area (TPSA) is 29.0 Å². The minimum Gasteiger partial charge on any atom is -0.357 e. The van der Waals surface area contributed by atoms with Crippen LogP contribution in [0.4, 0.5) is 5.82 Å². The van der Waals surface area contributed by atoms with Gasteiger partial charge in [-0.15, -0.1) is 0 Å². The van der Waals surface area contributed by atoms with E-state index in [2.05, 4.69) is 32.9 Å². The molecule has 0 radical (unpaired) electrons. The zero-order valence-electron chi connectivity index (χ0n) is 10.2. The largest absolute Gasteiger partial charge is 0.357 e. The van der Waals surface area contributed by atoms with E-state index in [0.29, 0.717) is 12.0 Å². The third-order valence-corrected chi connectivity index (χ3v) is 4.28. The van der Waals surface area contributed by atoms with Gasteiger partial charge >= 0.3 is 0 Å². The van der Waals surface area contributed by atoms with Crippen molar-refractivity contribution in [3.8, 4) is 0 Å². The SMILES string of the molecule is CN(c1cc(Br)nc(C2CC2)n1)C1CCCC1. The lowest BCUT2D eigenvalue weighted by atomic mass is 10.2. The number of aromatic nitrogens is 2. The molecule has 0 unspecified atom stereocenters. The molecule has 2 aliphatic rings. The van der Waals surface area contributed by atoms with E-state index in [9.17, 15) is 0 Å². The molecule has 0 aromatic carbocycles. The molecule has 0 N–H and O–H groups in total. The Balaban J connectivity index is 1.85. The average molecular weight is 296 g/mol. The van der Waals surface area contributed by atoms with E-state index < -0.39 is 0 Å². The normalized spacial score (nSPS) is 20.8. The van der Waals surface area contributed by atoms with Crippen LogP contribution >= 0.6 is 15.9 Å². The van der Waals surface area contributed by atoms with Crippen molar-refractivity contribution in [3.63, 3.8) is 0 Å². The van der Waals surface area contributed by atoms with Gasteiger partial charge in [0.25, 0.3) is 0 Å². The lowest BCUT2D eigenvalue weighted by Gasteiger charge is -2.25. The van der Waals surface area contributed by atoms with Crippen LogP contribution in [0, 0.1) is 0 Å². The van der Waals surface area contributed by atoms with Gasteiger partial charge in [-0.05, 0) is 41.6 Å². The van der Waals surface area contributed by atoms with Crippen molar-refractivity contribution < 1.29 is 0 Å². The van der Waals surface area contributed by atoms with Gasteiger partial charge in [-0.3, -0.25) is 0 Å². The van der Waals surface area contributed by atoms with Gasteiger partial charge in [-0.25, -0.2) is 9.97 Å². The molecule has 2 aliphatic carbocycles. The van der Waals surface area contributed by atoms with Crippen molar-refractivity contribution in [1.82, 2.24) is 9.97 Å². The summed E-state index contributed by atoms with van der Waals surface area (Å²) in [6, 6.07) is 2.72. The third-order valence-electron chi connectivity index (χ3n) is 3.87. The summed E-state index contributed by atoms with van der Waals surface area (Å²) >= 11 is 3.51. The lowest BCUT2D eigenvalue weighted by Crippen LogP contribution is -2.29. The van der Waals surface area contributed by atoms with E-state index in [0.717, 1.165) is 16.2 Å². The highest BCUT2D eigenvalue weighted by molar-refractivity contribution is 9.10. The van der Waals surface area contributed by atoms with Gasteiger partial charge in [0.15, 0.2) is 0 Å². The minimum absolute atomic E-state index is 0.614. The van der Waals surface area contributed by atoms with Crippen molar-refractivity contribution in [2.75, 3.05) is 11.9 Å². The fraction of sp³-hybridized carbons (Fsp3) is 0.692. The van der Waals surface area contributed by atoms with Gasteiger partial charge in [0.2, 0.25) is 0 Å². The van der Waals surface area contributed by atoms with Crippen LogP contribution in [0.2, 0.25) is 0 Å². The first-order chi connectivity index (χ1) is 8.24. The highest BCUT2D eigenvalue weighted by atomic mass is 79.9. The maximum absolute atomic E-state index is 4.72. The van der Waals surface area contributed by atoms with Gasteiger partial charge in [0.1, 0.15) is 16.2 Å². The number of hydrogen-bond acceptors (Lipinski definition) is 3. The molecule has 17 heavy (non-hydrogen) atoms. The minimum atomic E-state index is 0.614. The highest BCUT2D eigenvalue weighted by Crippen LogP contribution is 2.39. The van der Waals surface area contributed by atoms with E-state index in [1.807, 2.05) is 6.07 Å². The molecule has 92 valence electrons. The molecule has 0 aliphatic heterocycles. The van der Waals surface area contributed by atoms with Crippen molar-refractivity contribution >= 4 is 21.7 Å². The fourth-order valence-electron chi connectivity index (χ4n) is 2.61. The molecule has 3 rings (SSSR count). The van der Waals surface area contributed by atoms with Crippen LogP contribution in [0.25, 0.3) is 0 Å². The molecule has 1 aromatic rings. The predicted molar refractivity (Wildman–Crippen MR) is 72.4 cm³/mol. The van der Waals surface area contributed by atoms with Crippen molar-refractivity contribution in [1.29, 1.82) is 0 Å². The fourth-order valence-corrected chi connectivity index (χ4v) is 2.99. The first-order valence-electron chi connectivity index (χ1n) is 6.51. The molecule has 1 aromatic heterocycles. The van der Waals surface area contributed by atoms with E-state index in [1.165, 1.54) is 38.5 Å². The van der Waals surface area contributed by atoms with Gasteiger partial charge in [0, 0.05) is 25.1 Å². The standard InChI is InChI=1S/C13H18BrN3/c1-17(10-4-2-3-5-10)12-8-11(14)15-13(16-12)9-6-7-9/h8-10H,2-7H2,1H3. The number of hydrogen-bond donors (Lipinski definition) is 0. The van der Waals surface area contributed by atoms with Gasteiger partial charge < -0.3 is 4.90 Å². The molecule has 4 heteroatoms. The van der Waals surface area contributed by atoms with E-state index in [1.54, 1.807) is 0 Å². The van der Waals surface area contributed by atoms with Gasteiger partial charge in [0.05, 0.1) is 0 Å². The van der Waals surface area contributed by atoms with Crippen LogP contribution in [-0.2, 0) is 0 Å². The Labute approximate surface area is 111 Å². The Morgan fingerprint density at radius 2 is 1.88 bits per heavy atom. The second-order valence-electron chi connectivity index (χ2n) is 5.23. The molecule has 2 saturated carbocycles. The van der Waals surface area contributed by atoms with E-state index in [-0.39, 0.29) is 0 Å². The number of halogens is 1. The maximum atomic E-state index is 4.72. The zero-order chi connectivity index (χ0) is 11.8. The molecule has 0 saturated heterocycles. The molecule has 2 fully saturated rings. The molecule has 3 nitrogen and oxygen atoms in total. The van der Waals surface area contributed by atoms with Gasteiger partial charge in [-0.2, -0.15) is 0 Å². The summed E-state index contributed by atoms with van der Waals surface area (Å²) in [5.41, 5.74) is 0. The van der Waals surface area contributed by atoms with Crippen LogP contribution in [0.15, 0.2) is 10.7 Å². The lowest BCUT2D eigenvalue weighted by molar-refractivity contribution is 0.643. The molecule has 0 amide bonds. The van der Waals surface area contributed by atoms with E-state index in [4.69, 9.17) is 4.98 Å². The van der Waals surface area contributed by atoms with Crippen LogP contribution < -0.4 is 4.90 Å². The smallest absolute Gasteiger partial charge is 0.135 e. The first-order valence-corrected chi connectivity index (χ1v) is 7.30. The zero-order valence-corrected chi connectivity index (χ0v) is 11.8. The summed E-state index contributed by atoms with van der Waals surface area (Å²) in [5.74, 6) is 2.73. The molecule has 0 bridgehead atoms. The molecular weight excluding hydrogens is 278 g/mol. The first kappa shape index (κ1) is 11.5. The van der Waals surface area contributed by atoms with Crippen LogP contribution in [0.3, 0.4) is 0 Å². The third kappa shape index (κ3) is 2.46. The van der Waals surface area contributed by atoms with Crippen molar-refractivity contribution in [2.24, 2.45) is 0 Å². The van der Waals surface area contributed by atoms with Crippen molar-refractivity contribution in [2.45, 2.75) is 50.5 Å². The molecule has 0 atom stereocenters. The Hall–Kier alpha value is -0.640. The second kappa shape index (κ2) is 4.56. The second-order valence-corrected chi connectivity index (χ2v) is 6.04. The Kier molecular flexibility index (Phi) is 3.07. The summed E-state index contributed by atoms with van der Waals surface area (Å²) in [6.07, 6.45) is 7.83. The monoisotopic (exact) mass is 295 g/mol. The Morgan fingerprint density at radius 3 is 2.53 bits per heavy atom. The Bertz CT molecular complexity index is 411. The summed E-state index contributed by atoms with van der Waals surface area (Å²) in [4.78, 5) is 11.5. The number of anilines is 1. The molecular formula is C13H18BrN3. The summed E-state index contributed by atoms with van der Waals surface area (Å²) < 4.78 is 0.925. The maximum Gasteiger partial charge on any atom is 0.135 e. The summed E-state index contributed by atoms with van der Waals surface area (Å²) in [7, 11) is 2.17. The average Bonchev–Trinajstić information content (AvgIpc) is 3.03. The highest BCUT2D eigenvalue weighted by Gasteiger charge is 2.28. The Morgan fingerprint density at radius 1 is 1.18 bits per heavy atom. The summed E-state index contributed by atoms with van der Waals surface area (Å²) in [5, 5.41) is 0. The van der Waals surface area contributed by atoms with E-state index >= 15 is 0 Å². The van der Waals surface area contributed by atoms with Crippen LogP contribution in [-0.4, -0.2) is 23.1 Å². The number of rotatable bonds is 3. The quantitative estimate of drug-likeness (QED) is 0.799. The predicted octanol–water partition coefficient (Wildman–Crippen LogP) is 3.50. The van der Waals surface area contributed by atoms with Gasteiger partial charge in [-0.1, -0.05) is 12.8 Å². The van der Waals surface area contributed by atoms with Crippen molar-refractivity contribution in [3.05, 3.63) is 16.5 Å². The van der Waals surface area contributed by atoms with Crippen LogP contribution in [0.5, 0.6) is 0 Å². The number of nitrogens with zero attached hydrogens (tertiary/aromatic N) is 3. The molecule has 0 spiro atoms. The summed E-state index contributed by atoms with van der Waals surface area (Å²) in [6.45, 7) is 0.